The van der Waals surface area contributed by atoms with Gasteiger partial charge in [0.2, 0.25) is 0 Å². The predicted octanol–water partition coefficient (Wildman–Crippen LogP) is 2.48. The molecule has 6 heteroatoms. The van der Waals surface area contributed by atoms with Crippen LogP contribution in [0.1, 0.15) is 45.4 Å². The van der Waals surface area contributed by atoms with E-state index in [0.29, 0.717) is 0 Å². The lowest BCUT2D eigenvalue weighted by molar-refractivity contribution is 0.454. The normalized spacial score (nSPS) is 11.5. The molecular formula is C17H32N6. The summed E-state index contributed by atoms with van der Waals surface area (Å²) in [7, 11) is 2.10. The van der Waals surface area contributed by atoms with Crippen LogP contribution in [0.15, 0.2) is 24.0 Å². The highest BCUT2D eigenvalue weighted by Crippen LogP contribution is 2.02. The van der Waals surface area contributed by atoms with Gasteiger partial charge in [0.25, 0.3) is 0 Å². The van der Waals surface area contributed by atoms with Crippen molar-refractivity contribution in [2.24, 2.45) is 4.99 Å². The maximum atomic E-state index is 4.72. The smallest absolute Gasteiger partial charge is 0.193 e. The van der Waals surface area contributed by atoms with Crippen LogP contribution in [-0.2, 0) is 13.0 Å². The van der Waals surface area contributed by atoms with Crippen molar-refractivity contribution in [3.63, 3.8) is 0 Å². The summed E-state index contributed by atoms with van der Waals surface area (Å²) in [6.45, 7) is 11.4. The molecule has 1 rings (SSSR count). The Kier molecular flexibility index (Phi) is 9.75. The van der Waals surface area contributed by atoms with E-state index in [1.54, 1.807) is 6.33 Å². The first-order valence-electron chi connectivity index (χ1n) is 8.69. The number of aromatic nitrogens is 3. The highest BCUT2D eigenvalue weighted by molar-refractivity contribution is 5.79. The van der Waals surface area contributed by atoms with Crippen LogP contribution in [0.2, 0.25) is 0 Å². The molecule has 0 aromatic carbocycles. The second-order valence-corrected chi connectivity index (χ2v) is 5.59. The fraction of sp³-hybridized carbons (Fsp3) is 0.706. The van der Waals surface area contributed by atoms with Crippen molar-refractivity contribution in [3.05, 3.63) is 24.8 Å². The minimum absolute atomic E-state index is 0.730. The van der Waals surface area contributed by atoms with E-state index < -0.39 is 0 Å². The van der Waals surface area contributed by atoms with Crippen LogP contribution in [0.4, 0.5) is 0 Å². The summed E-state index contributed by atoms with van der Waals surface area (Å²) in [6, 6.07) is 0. The second-order valence-electron chi connectivity index (χ2n) is 5.59. The fourth-order valence-electron chi connectivity index (χ4n) is 2.39. The Morgan fingerprint density at radius 1 is 1.39 bits per heavy atom. The Labute approximate surface area is 140 Å². The first-order chi connectivity index (χ1) is 11.2. The predicted molar refractivity (Wildman–Crippen MR) is 96.7 cm³/mol. The molecule has 0 bridgehead atoms. The Bertz CT molecular complexity index is 465. The van der Waals surface area contributed by atoms with E-state index >= 15 is 0 Å². The molecule has 0 aliphatic carbocycles. The number of aliphatic imine (C=N–C) groups is 1. The van der Waals surface area contributed by atoms with E-state index in [1.165, 1.54) is 19.3 Å². The van der Waals surface area contributed by atoms with Gasteiger partial charge in [0.1, 0.15) is 12.2 Å². The number of hydrogen-bond donors (Lipinski definition) is 1. The molecule has 1 aromatic rings. The monoisotopic (exact) mass is 320 g/mol. The standard InChI is InChI=1S/C17H32N6/c1-5-8-9-10-11-13-22(4)17(18-7-3)19-12-14-23-15-20-21-16(23)6-2/h5,15H,1,6-14H2,2-4H3,(H,18,19). The van der Waals surface area contributed by atoms with Crippen LogP contribution in [0.3, 0.4) is 0 Å². The van der Waals surface area contributed by atoms with Gasteiger partial charge in [-0.3, -0.25) is 4.99 Å². The summed E-state index contributed by atoms with van der Waals surface area (Å²) in [4.78, 5) is 6.93. The first kappa shape index (κ1) is 19.2. The largest absolute Gasteiger partial charge is 0.357 e. The van der Waals surface area contributed by atoms with Gasteiger partial charge in [0.05, 0.1) is 6.54 Å². The van der Waals surface area contributed by atoms with Crippen molar-refractivity contribution in [1.82, 2.24) is 25.0 Å². The summed E-state index contributed by atoms with van der Waals surface area (Å²) in [5, 5.41) is 11.4. The minimum atomic E-state index is 0.730. The average molecular weight is 320 g/mol. The third-order valence-corrected chi connectivity index (χ3v) is 3.71. The molecule has 0 saturated carbocycles. The molecule has 0 aliphatic rings. The number of guanidine groups is 1. The molecule has 0 spiro atoms. The number of hydrogen-bond acceptors (Lipinski definition) is 3. The zero-order chi connectivity index (χ0) is 16.9. The molecule has 0 amide bonds. The number of nitrogens with one attached hydrogen (secondary N) is 1. The third kappa shape index (κ3) is 7.30. The van der Waals surface area contributed by atoms with Crippen molar-refractivity contribution in [3.8, 4) is 0 Å². The molecule has 0 aliphatic heterocycles. The van der Waals surface area contributed by atoms with Crippen LogP contribution in [0, 0.1) is 0 Å². The van der Waals surface area contributed by atoms with Crippen LogP contribution >= 0.6 is 0 Å². The Morgan fingerprint density at radius 2 is 2.22 bits per heavy atom. The highest BCUT2D eigenvalue weighted by atomic mass is 15.3. The van der Waals surface area contributed by atoms with Gasteiger partial charge in [0, 0.05) is 33.1 Å². The zero-order valence-electron chi connectivity index (χ0n) is 15.0. The van der Waals surface area contributed by atoms with Gasteiger partial charge in [-0.1, -0.05) is 19.4 Å². The minimum Gasteiger partial charge on any atom is -0.357 e. The first-order valence-corrected chi connectivity index (χ1v) is 8.69. The van der Waals surface area contributed by atoms with Crippen LogP contribution in [0.5, 0.6) is 0 Å². The molecule has 6 nitrogen and oxygen atoms in total. The average Bonchev–Trinajstić information content (AvgIpc) is 3.01. The van der Waals surface area contributed by atoms with E-state index in [1.807, 2.05) is 6.08 Å². The molecule has 1 N–H and O–H groups in total. The van der Waals surface area contributed by atoms with Crippen molar-refractivity contribution < 1.29 is 0 Å². The fourth-order valence-corrected chi connectivity index (χ4v) is 2.39. The molecule has 0 atom stereocenters. The zero-order valence-corrected chi connectivity index (χ0v) is 15.0. The third-order valence-electron chi connectivity index (χ3n) is 3.71. The van der Waals surface area contributed by atoms with E-state index in [0.717, 1.165) is 50.8 Å². The number of allylic oxidation sites excluding steroid dienone is 1. The SMILES string of the molecule is C=CCCCCCN(C)C(=NCCn1cnnc1CC)NCC. The lowest BCUT2D eigenvalue weighted by atomic mass is 10.2. The molecule has 0 saturated heterocycles. The molecule has 0 fully saturated rings. The van der Waals surface area contributed by atoms with Gasteiger partial charge in [-0.25, -0.2) is 0 Å². The number of unbranched alkanes of at least 4 members (excludes halogenated alkanes) is 3. The molecule has 23 heavy (non-hydrogen) atoms. The molecule has 1 heterocycles. The lowest BCUT2D eigenvalue weighted by Crippen LogP contribution is -2.39. The van der Waals surface area contributed by atoms with E-state index in [9.17, 15) is 0 Å². The highest BCUT2D eigenvalue weighted by Gasteiger charge is 2.05. The molecule has 0 radical (unpaired) electrons. The lowest BCUT2D eigenvalue weighted by Gasteiger charge is -2.22. The van der Waals surface area contributed by atoms with Crippen molar-refractivity contribution >= 4 is 5.96 Å². The summed E-state index contributed by atoms with van der Waals surface area (Å²) in [6.07, 6.45) is 9.41. The van der Waals surface area contributed by atoms with E-state index in [2.05, 4.69) is 52.5 Å². The maximum Gasteiger partial charge on any atom is 0.193 e. The van der Waals surface area contributed by atoms with Gasteiger partial charge < -0.3 is 14.8 Å². The maximum absolute atomic E-state index is 4.72. The topological polar surface area (TPSA) is 58.3 Å². The van der Waals surface area contributed by atoms with Crippen LogP contribution in [-0.4, -0.2) is 52.3 Å². The summed E-state index contributed by atoms with van der Waals surface area (Å²) in [5.74, 6) is 1.99. The van der Waals surface area contributed by atoms with Crippen LogP contribution < -0.4 is 5.32 Å². The van der Waals surface area contributed by atoms with Gasteiger partial charge >= 0.3 is 0 Å². The Hall–Kier alpha value is -1.85. The number of rotatable bonds is 11. The van der Waals surface area contributed by atoms with Gasteiger partial charge in [-0.05, 0) is 26.2 Å². The van der Waals surface area contributed by atoms with Gasteiger partial charge in [-0.15, -0.1) is 16.8 Å². The number of aryl methyl sites for hydroxylation is 1. The molecule has 1 aromatic heterocycles. The molecular weight excluding hydrogens is 288 g/mol. The van der Waals surface area contributed by atoms with Gasteiger partial charge in [0.15, 0.2) is 5.96 Å². The van der Waals surface area contributed by atoms with Crippen molar-refractivity contribution in [2.45, 2.75) is 52.5 Å². The number of nitrogens with zero attached hydrogens (tertiary/aromatic N) is 5. The summed E-state index contributed by atoms with van der Waals surface area (Å²) in [5.41, 5.74) is 0. The summed E-state index contributed by atoms with van der Waals surface area (Å²) < 4.78 is 2.07. The van der Waals surface area contributed by atoms with E-state index in [4.69, 9.17) is 4.99 Å². The second kappa shape index (κ2) is 11.7. The van der Waals surface area contributed by atoms with Gasteiger partial charge in [-0.2, -0.15) is 0 Å². The Morgan fingerprint density at radius 3 is 2.91 bits per heavy atom. The molecule has 0 unspecified atom stereocenters. The quantitative estimate of drug-likeness (QED) is 0.294. The van der Waals surface area contributed by atoms with Crippen molar-refractivity contribution in [2.75, 3.05) is 26.7 Å². The molecule has 130 valence electrons. The Balaban J connectivity index is 2.43. The summed E-state index contributed by atoms with van der Waals surface area (Å²) >= 11 is 0. The van der Waals surface area contributed by atoms with E-state index in [-0.39, 0.29) is 0 Å². The van der Waals surface area contributed by atoms with Crippen LogP contribution in [0.25, 0.3) is 0 Å². The van der Waals surface area contributed by atoms with Crippen molar-refractivity contribution in [1.29, 1.82) is 0 Å².